The van der Waals surface area contributed by atoms with Crippen LogP contribution in [0, 0.1) is 11.3 Å². The SMILES string of the molecule is CCCCOC1(CN)CCC(C(C)(C)C)CC1. The summed E-state index contributed by atoms with van der Waals surface area (Å²) >= 11 is 0. The van der Waals surface area contributed by atoms with Crippen molar-refractivity contribution in [2.24, 2.45) is 17.1 Å². The Morgan fingerprint density at radius 3 is 2.24 bits per heavy atom. The molecule has 0 aromatic heterocycles. The highest BCUT2D eigenvalue weighted by molar-refractivity contribution is 4.91. The standard InChI is InChI=1S/C15H31NO/c1-5-6-11-17-15(12-16)9-7-13(8-10-15)14(2,3)4/h13H,5-12,16H2,1-4H3. The van der Waals surface area contributed by atoms with Crippen LogP contribution in [0.25, 0.3) is 0 Å². The van der Waals surface area contributed by atoms with E-state index in [1.165, 1.54) is 19.3 Å². The van der Waals surface area contributed by atoms with Gasteiger partial charge in [0.2, 0.25) is 0 Å². The molecule has 0 bridgehead atoms. The lowest BCUT2D eigenvalue weighted by atomic mass is 9.68. The van der Waals surface area contributed by atoms with Gasteiger partial charge in [-0.1, -0.05) is 34.1 Å². The van der Waals surface area contributed by atoms with Gasteiger partial charge in [-0.2, -0.15) is 0 Å². The average molecular weight is 241 g/mol. The lowest BCUT2D eigenvalue weighted by molar-refractivity contribution is -0.0804. The Kier molecular flexibility index (Phi) is 5.46. The average Bonchev–Trinajstić information content (AvgIpc) is 2.29. The maximum Gasteiger partial charge on any atom is 0.0804 e. The van der Waals surface area contributed by atoms with Gasteiger partial charge in [0.1, 0.15) is 0 Å². The van der Waals surface area contributed by atoms with Crippen LogP contribution in [0.1, 0.15) is 66.2 Å². The van der Waals surface area contributed by atoms with Gasteiger partial charge < -0.3 is 10.5 Å². The number of ether oxygens (including phenoxy) is 1. The lowest BCUT2D eigenvalue weighted by Gasteiger charge is -2.43. The van der Waals surface area contributed by atoms with E-state index in [-0.39, 0.29) is 5.60 Å². The smallest absolute Gasteiger partial charge is 0.0804 e. The fourth-order valence-electron chi connectivity index (χ4n) is 2.85. The molecule has 1 saturated carbocycles. The number of rotatable bonds is 5. The summed E-state index contributed by atoms with van der Waals surface area (Å²) in [6, 6.07) is 0. The molecular weight excluding hydrogens is 210 g/mol. The van der Waals surface area contributed by atoms with Crippen LogP contribution in [0.5, 0.6) is 0 Å². The largest absolute Gasteiger partial charge is 0.374 e. The quantitative estimate of drug-likeness (QED) is 0.744. The summed E-state index contributed by atoms with van der Waals surface area (Å²) in [5.74, 6) is 0.831. The van der Waals surface area contributed by atoms with Crippen LogP contribution in [0.4, 0.5) is 0 Å². The summed E-state index contributed by atoms with van der Waals surface area (Å²) in [7, 11) is 0. The Bertz CT molecular complexity index is 211. The van der Waals surface area contributed by atoms with Crippen molar-refractivity contribution in [3.63, 3.8) is 0 Å². The van der Waals surface area contributed by atoms with Gasteiger partial charge in [-0.05, 0) is 43.4 Å². The predicted molar refractivity (Wildman–Crippen MR) is 74.1 cm³/mol. The van der Waals surface area contributed by atoms with E-state index in [4.69, 9.17) is 10.5 Å². The Morgan fingerprint density at radius 1 is 1.24 bits per heavy atom. The second-order valence-corrected chi connectivity index (χ2v) is 6.73. The third kappa shape index (κ3) is 4.26. The van der Waals surface area contributed by atoms with Crippen molar-refractivity contribution in [2.45, 2.75) is 71.8 Å². The molecule has 2 nitrogen and oxygen atoms in total. The van der Waals surface area contributed by atoms with Crippen LogP contribution in [0.3, 0.4) is 0 Å². The van der Waals surface area contributed by atoms with Crippen molar-refractivity contribution in [3.05, 3.63) is 0 Å². The van der Waals surface area contributed by atoms with Gasteiger partial charge in [-0.25, -0.2) is 0 Å². The first-order valence-electron chi connectivity index (χ1n) is 7.27. The fraction of sp³-hybridized carbons (Fsp3) is 1.00. The minimum Gasteiger partial charge on any atom is -0.374 e. The summed E-state index contributed by atoms with van der Waals surface area (Å²) in [6.07, 6.45) is 7.19. The topological polar surface area (TPSA) is 35.2 Å². The van der Waals surface area contributed by atoms with Crippen LogP contribution in [0.15, 0.2) is 0 Å². The molecule has 2 N–H and O–H groups in total. The van der Waals surface area contributed by atoms with Crippen molar-refractivity contribution in [2.75, 3.05) is 13.2 Å². The molecule has 0 radical (unpaired) electrons. The zero-order valence-corrected chi connectivity index (χ0v) is 12.2. The van der Waals surface area contributed by atoms with Crippen molar-refractivity contribution in [1.29, 1.82) is 0 Å². The Morgan fingerprint density at radius 2 is 1.82 bits per heavy atom. The highest BCUT2D eigenvalue weighted by Gasteiger charge is 2.38. The number of hydrogen-bond donors (Lipinski definition) is 1. The van der Waals surface area contributed by atoms with Crippen LogP contribution in [-0.4, -0.2) is 18.8 Å². The minimum absolute atomic E-state index is 0.00306. The highest BCUT2D eigenvalue weighted by Crippen LogP contribution is 2.42. The van der Waals surface area contributed by atoms with Gasteiger partial charge >= 0.3 is 0 Å². The zero-order valence-electron chi connectivity index (χ0n) is 12.2. The molecule has 17 heavy (non-hydrogen) atoms. The van der Waals surface area contributed by atoms with Gasteiger partial charge in [-0.3, -0.25) is 0 Å². The third-order valence-electron chi connectivity index (χ3n) is 4.40. The molecule has 0 heterocycles. The van der Waals surface area contributed by atoms with Crippen LogP contribution < -0.4 is 5.73 Å². The molecule has 1 fully saturated rings. The molecule has 0 aromatic carbocycles. The summed E-state index contributed by atoms with van der Waals surface area (Å²) in [6.45, 7) is 10.8. The summed E-state index contributed by atoms with van der Waals surface area (Å²) in [5, 5.41) is 0. The van der Waals surface area contributed by atoms with E-state index in [0.29, 0.717) is 12.0 Å². The summed E-state index contributed by atoms with van der Waals surface area (Å²) in [4.78, 5) is 0. The molecule has 0 amide bonds. The number of nitrogens with two attached hydrogens (primary N) is 1. The van der Waals surface area contributed by atoms with E-state index in [2.05, 4.69) is 27.7 Å². The van der Waals surface area contributed by atoms with Gasteiger partial charge in [0.15, 0.2) is 0 Å². The molecule has 2 heteroatoms. The van der Waals surface area contributed by atoms with E-state index in [1.807, 2.05) is 0 Å². The molecule has 102 valence electrons. The molecular formula is C15H31NO. The molecule has 1 aliphatic carbocycles. The summed E-state index contributed by atoms with van der Waals surface area (Å²) < 4.78 is 6.10. The van der Waals surface area contributed by atoms with Crippen LogP contribution in [0.2, 0.25) is 0 Å². The van der Waals surface area contributed by atoms with Gasteiger partial charge in [0.05, 0.1) is 5.60 Å². The van der Waals surface area contributed by atoms with Crippen molar-refractivity contribution in [3.8, 4) is 0 Å². The van der Waals surface area contributed by atoms with Crippen LogP contribution >= 0.6 is 0 Å². The monoisotopic (exact) mass is 241 g/mol. The van der Waals surface area contributed by atoms with E-state index < -0.39 is 0 Å². The predicted octanol–water partition coefficient (Wildman–Crippen LogP) is 3.74. The number of unbranched alkanes of at least 4 members (excludes halogenated alkanes) is 1. The molecule has 1 rings (SSSR count). The molecule has 0 aliphatic heterocycles. The Hall–Kier alpha value is -0.0800. The van der Waals surface area contributed by atoms with E-state index in [9.17, 15) is 0 Å². The minimum atomic E-state index is -0.00306. The molecule has 0 unspecified atom stereocenters. The Labute approximate surface area is 107 Å². The first-order chi connectivity index (χ1) is 7.93. The number of hydrogen-bond acceptors (Lipinski definition) is 2. The van der Waals surface area contributed by atoms with Crippen molar-refractivity contribution in [1.82, 2.24) is 0 Å². The van der Waals surface area contributed by atoms with Crippen molar-refractivity contribution < 1.29 is 4.74 Å². The van der Waals surface area contributed by atoms with Gasteiger partial charge in [0, 0.05) is 13.2 Å². The van der Waals surface area contributed by atoms with Crippen molar-refractivity contribution >= 4 is 0 Å². The molecule has 1 aliphatic rings. The second-order valence-electron chi connectivity index (χ2n) is 6.73. The fourth-order valence-corrected chi connectivity index (χ4v) is 2.85. The van der Waals surface area contributed by atoms with Gasteiger partial charge in [0.25, 0.3) is 0 Å². The van der Waals surface area contributed by atoms with E-state index in [0.717, 1.165) is 31.8 Å². The summed E-state index contributed by atoms with van der Waals surface area (Å²) in [5.41, 5.74) is 6.38. The maximum atomic E-state index is 6.10. The normalized spacial score (nSPS) is 30.5. The lowest BCUT2D eigenvalue weighted by Crippen LogP contribution is -2.45. The zero-order chi connectivity index (χ0) is 12.9. The Balaban J connectivity index is 2.45. The second kappa shape index (κ2) is 6.19. The molecule has 0 saturated heterocycles. The molecule has 0 atom stereocenters. The molecule has 0 aromatic rings. The van der Waals surface area contributed by atoms with E-state index >= 15 is 0 Å². The van der Waals surface area contributed by atoms with Gasteiger partial charge in [-0.15, -0.1) is 0 Å². The maximum absolute atomic E-state index is 6.10. The van der Waals surface area contributed by atoms with E-state index in [1.54, 1.807) is 0 Å². The third-order valence-corrected chi connectivity index (χ3v) is 4.40. The first kappa shape index (κ1) is 15.0. The van der Waals surface area contributed by atoms with Crippen LogP contribution in [-0.2, 0) is 4.74 Å². The highest BCUT2D eigenvalue weighted by atomic mass is 16.5. The first-order valence-corrected chi connectivity index (χ1v) is 7.27. The molecule has 0 spiro atoms.